The summed E-state index contributed by atoms with van der Waals surface area (Å²) in [5, 5.41) is 9.63. The molecular weight excluding hydrogens is 206 g/mol. The molecule has 0 radical (unpaired) electrons. The monoisotopic (exact) mass is 223 g/mol. The van der Waals surface area contributed by atoms with E-state index in [9.17, 15) is 0 Å². The standard InChI is InChI=1S/C11H17N3S/c1-8(2)13-10-14-9(7-15-10)11(12-3)5-4-6-11/h7,12H,1,4-6H2,2-3H3,(H,13,14). The Hall–Kier alpha value is -0.870. The normalized spacial score (nSPS) is 18.3. The van der Waals surface area contributed by atoms with E-state index >= 15 is 0 Å². The smallest absolute Gasteiger partial charge is 0.187 e. The summed E-state index contributed by atoms with van der Waals surface area (Å²) in [7, 11) is 2.02. The Morgan fingerprint density at radius 2 is 2.33 bits per heavy atom. The van der Waals surface area contributed by atoms with Gasteiger partial charge in [-0.2, -0.15) is 0 Å². The summed E-state index contributed by atoms with van der Waals surface area (Å²) in [4.78, 5) is 4.60. The molecule has 2 N–H and O–H groups in total. The minimum atomic E-state index is 0.144. The van der Waals surface area contributed by atoms with E-state index in [0.717, 1.165) is 10.8 Å². The number of nitrogens with zero attached hydrogens (tertiary/aromatic N) is 1. The minimum Gasteiger partial charge on any atom is -0.336 e. The van der Waals surface area contributed by atoms with E-state index in [2.05, 4.69) is 27.6 Å². The van der Waals surface area contributed by atoms with Crippen LogP contribution in [0, 0.1) is 0 Å². The van der Waals surface area contributed by atoms with Crippen molar-refractivity contribution >= 4 is 16.5 Å². The molecule has 1 fully saturated rings. The van der Waals surface area contributed by atoms with Gasteiger partial charge in [0.05, 0.1) is 11.2 Å². The lowest BCUT2D eigenvalue weighted by Crippen LogP contribution is -2.46. The molecule has 0 saturated heterocycles. The fraction of sp³-hybridized carbons (Fsp3) is 0.545. The first kappa shape index (κ1) is 10.6. The van der Waals surface area contributed by atoms with Crippen molar-refractivity contribution in [3.05, 3.63) is 23.3 Å². The molecule has 15 heavy (non-hydrogen) atoms. The average Bonchev–Trinajstić information content (AvgIpc) is 2.51. The number of rotatable bonds is 4. The summed E-state index contributed by atoms with van der Waals surface area (Å²) in [6, 6.07) is 0. The number of anilines is 1. The fourth-order valence-corrected chi connectivity index (χ4v) is 2.78. The van der Waals surface area contributed by atoms with Crippen molar-refractivity contribution in [2.24, 2.45) is 0 Å². The maximum Gasteiger partial charge on any atom is 0.187 e. The third-order valence-corrected chi connectivity index (χ3v) is 3.76. The van der Waals surface area contributed by atoms with Gasteiger partial charge in [-0.05, 0) is 33.2 Å². The second-order valence-electron chi connectivity index (χ2n) is 4.13. The van der Waals surface area contributed by atoms with Crippen molar-refractivity contribution in [1.29, 1.82) is 0 Å². The molecule has 1 aromatic rings. The first-order valence-corrected chi connectivity index (χ1v) is 6.12. The summed E-state index contributed by atoms with van der Waals surface area (Å²) in [5.74, 6) is 0. The summed E-state index contributed by atoms with van der Waals surface area (Å²) < 4.78 is 0. The maximum atomic E-state index is 4.60. The van der Waals surface area contributed by atoms with E-state index in [1.165, 1.54) is 25.0 Å². The largest absolute Gasteiger partial charge is 0.336 e. The van der Waals surface area contributed by atoms with Gasteiger partial charge in [-0.3, -0.25) is 0 Å². The molecule has 1 aliphatic rings. The summed E-state index contributed by atoms with van der Waals surface area (Å²) in [6.45, 7) is 5.76. The van der Waals surface area contributed by atoms with Crippen molar-refractivity contribution < 1.29 is 0 Å². The van der Waals surface area contributed by atoms with Crippen molar-refractivity contribution in [3.8, 4) is 0 Å². The highest BCUT2D eigenvalue weighted by Gasteiger charge is 2.39. The fourth-order valence-electron chi connectivity index (χ4n) is 1.90. The molecule has 3 nitrogen and oxygen atoms in total. The number of hydrogen-bond donors (Lipinski definition) is 2. The second-order valence-corrected chi connectivity index (χ2v) is 4.99. The molecule has 82 valence electrons. The molecule has 1 aromatic heterocycles. The first-order chi connectivity index (χ1) is 7.16. The molecule has 0 amide bonds. The van der Waals surface area contributed by atoms with Gasteiger partial charge in [0.15, 0.2) is 5.13 Å². The highest BCUT2D eigenvalue weighted by atomic mass is 32.1. The van der Waals surface area contributed by atoms with E-state index in [-0.39, 0.29) is 5.54 Å². The molecule has 1 saturated carbocycles. The number of aromatic nitrogens is 1. The van der Waals surface area contributed by atoms with E-state index in [1.807, 2.05) is 14.0 Å². The first-order valence-electron chi connectivity index (χ1n) is 5.24. The Balaban J connectivity index is 2.15. The van der Waals surface area contributed by atoms with Crippen LogP contribution in [0.2, 0.25) is 0 Å². The van der Waals surface area contributed by atoms with Crippen LogP contribution in [-0.2, 0) is 5.54 Å². The van der Waals surface area contributed by atoms with Crippen LogP contribution in [0.5, 0.6) is 0 Å². The van der Waals surface area contributed by atoms with Crippen LogP contribution >= 0.6 is 11.3 Å². The van der Waals surface area contributed by atoms with Crippen molar-refractivity contribution in [2.45, 2.75) is 31.7 Å². The molecular formula is C11H17N3S. The van der Waals surface area contributed by atoms with Crippen molar-refractivity contribution in [3.63, 3.8) is 0 Å². The van der Waals surface area contributed by atoms with Gasteiger partial charge < -0.3 is 10.6 Å². The molecule has 2 rings (SSSR count). The van der Waals surface area contributed by atoms with Crippen molar-refractivity contribution in [1.82, 2.24) is 10.3 Å². The van der Waals surface area contributed by atoms with E-state index in [1.54, 1.807) is 11.3 Å². The Kier molecular flexibility index (Phi) is 2.80. The van der Waals surface area contributed by atoms with Crippen LogP contribution in [0.1, 0.15) is 31.9 Å². The quantitative estimate of drug-likeness (QED) is 0.824. The highest BCUT2D eigenvalue weighted by Crippen LogP contribution is 2.41. The Labute approximate surface area is 94.6 Å². The van der Waals surface area contributed by atoms with Gasteiger partial charge in [0.2, 0.25) is 0 Å². The van der Waals surface area contributed by atoms with Gasteiger partial charge >= 0.3 is 0 Å². The SMILES string of the molecule is C=C(C)Nc1nc(C2(NC)CCC2)cs1. The summed E-state index contributed by atoms with van der Waals surface area (Å²) in [5.41, 5.74) is 2.25. The summed E-state index contributed by atoms with van der Waals surface area (Å²) >= 11 is 1.65. The zero-order chi connectivity index (χ0) is 10.9. The molecule has 1 heterocycles. The van der Waals surface area contributed by atoms with Crippen LogP contribution < -0.4 is 10.6 Å². The average molecular weight is 223 g/mol. The Morgan fingerprint density at radius 1 is 1.60 bits per heavy atom. The molecule has 0 aliphatic heterocycles. The molecule has 4 heteroatoms. The van der Waals surface area contributed by atoms with Crippen molar-refractivity contribution in [2.75, 3.05) is 12.4 Å². The van der Waals surface area contributed by atoms with Gasteiger partial charge in [0.1, 0.15) is 0 Å². The number of hydrogen-bond acceptors (Lipinski definition) is 4. The van der Waals surface area contributed by atoms with Crippen LogP contribution in [0.15, 0.2) is 17.7 Å². The molecule has 0 spiro atoms. The number of allylic oxidation sites excluding steroid dienone is 1. The maximum absolute atomic E-state index is 4.60. The topological polar surface area (TPSA) is 37.0 Å². The van der Waals surface area contributed by atoms with Crippen LogP contribution in [0.25, 0.3) is 0 Å². The lowest BCUT2D eigenvalue weighted by atomic mass is 9.75. The third-order valence-electron chi connectivity index (χ3n) is 3.00. The number of nitrogens with one attached hydrogen (secondary N) is 2. The lowest BCUT2D eigenvalue weighted by Gasteiger charge is -2.40. The number of thiazole rings is 1. The van der Waals surface area contributed by atoms with Gasteiger partial charge in [0, 0.05) is 11.1 Å². The third kappa shape index (κ3) is 1.92. The highest BCUT2D eigenvalue weighted by molar-refractivity contribution is 7.13. The van der Waals surface area contributed by atoms with Crippen LogP contribution in [0.3, 0.4) is 0 Å². The van der Waals surface area contributed by atoms with E-state index < -0.39 is 0 Å². The molecule has 0 aromatic carbocycles. The molecule has 0 bridgehead atoms. The molecule has 1 aliphatic carbocycles. The predicted octanol–water partition coefficient (Wildman–Crippen LogP) is 2.69. The summed E-state index contributed by atoms with van der Waals surface area (Å²) in [6.07, 6.45) is 3.68. The van der Waals surface area contributed by atoms with Gasteiger partial charge in [-0.1, -0.05) is 6.58 Å². The van der Waals surface area contributed by atoms with Gasteiger partial charge in [0.25, 0.3) is 0 Å². The van der Waals surface area contributed by atoms with Crippen LogP contribution in [-0.4, -0.2) is 12.0 Å². The van der Waals surface area contributed by atoms with E-state index in [4.69, 9.17) is 0 Å². The zero-order valence-corrected chi connectivity index (χ0v) is 10.1. The van der Waals surface area contributed by atoms with E-state index in [0.29, 0.717) is 0 Å². The lowest BCUT2D eigenvalue weighted by molar-refractivity contribution is 0.196. The zero-order valence-electron chi connectivity index (χ0n) is 9.26. The Morgan fingerprint density at radius 3 is 2.80 bits per heavy atom. The predicted molar refractivity (Wildman–Crippen MR) is 65.1 cm³/mol. The molecule has 0 atom stereocenters. The molecule has 0 unspecified atom stereocenters. The van der Waals surface area contributed by atoms with Gasteiger partial charge in [-0.15, -0.1) is 11.3 Å². The second kappa shape index (κ2) is 3.94. The Bertz CT molecular complexity index is 360. The van der Waals surface area contributed by atoms with Crippen LogP contribution in [0.4, 0.5) is 5.13 Å². The minimum absolute atomic E-state index is 0.144. The van der Waals surface area contributed by atoms with Gasteiger partial charge in [-0.25, -0.2) is 4.98 Å².